The Bertz CT molecular complexity index is 356. The number of hydrazine groups is 1. The van der Waals surface area contributed by atoms with E-state index in [2.05, 4.69) is 43.5 Å². The van der Waals surface area contributed by atoms with Gasteiger partial charge in [0.2, 0.25) is 0 Å². The lowest BCUT2D eigenvalue weighted by atomic mass is 9.77. The highest BCUT2D eigenvalue weighted by Crippen LogP contribution is 2.37. The minimum atomic E-state index is 0.343. The molecule has 0 heterocycles. The van der Waals surface area contributed by atoms with Crippen LogP contribution in [-0.2, 0) is 6.42 Å². The molecule has 2 nitrogen and oxygen atoms in total. The van der Waals surface area contributed by atoms with Crippen molar-refractivity contribution in [3.63, 3.8) is 0 Å². The Morgan fingerprint density at radius 3 is 2.65 bits per heavy atom. The van der Waals surface area contributed by atoms with E-state index < -0.39 is 0 Å². The summed E-state index contributed by atoms with van der Waals surface area (Å²) in [6, 6.07) is 9.25. The van der Waals surface area contributed by atoms with Crippen LogP contribution in [0.15, 0.2) is 24.3 Å². The van der Waals surface area contributed by atoms with E-state index >= 15 is 0 Å². The summed E-state index contributed by atoms with van der Waals surface area (Å²) >= 11 is 0. The molecule has 0 amide bonds. The van der Waals surface area contributed by atoms with Crippen LogP contribution in [0, 0.1) is 11.8 Å². The molecule has 3 N–H and O–H groups in total. The molecule has 0 aromatic heterocycles. The molecule has 1 fully saturated rings. The maximum Gasteiger partial charge on any atom is 0.0488 e. The Kier molecular flexibility index (Phi) is 4.19. The van der Waals surface area contributed by atoms with Gasteiger partial charge in [-0.2, -0.15) is 0 Å². The third-order valence-corrected chi connectivity index (χ3v) is 3.75. The maximum absolute atomic E-state index is 5.72. The van der Waals surface area contributed by atoms with Crippen molar-refractivity contribution in [2.45, 2.75) is 45.6 Å². The van der Waals surface area contributed by atoms with Crippen molar-refractivity contribution in [3.05, 3.63) is 35.4 Å². The van der Waals surface area contributed by atoms with Gasteiger partial charge in [-0.3, -0.25) is 11.3 Å². The van der Waals surface area contributed by atoms with Crippen LogP contribution in [0.1, 0.15) is 50.3 Å². The number of benzene rings is 1. The molecule has 1 aromatic carbocycles. The second kappa shape index (κ2) is 5.65. The highest BCUT2D eigenvalue weighted by molar-refractivity contribution is 5.27. The highest BCUT2D eigenvalue weighted by Gasteiger charge is 2.27. The van der Waals surface area contributed by atoms with E-state index in [4.69, 9.17) is 5.84 Å². The minimum absolute atomic E-state index is 0.343. The molecule has 94 valence electrons. The zero-order chi connectivity index (χ0) is 12.3. The molecular formula is C15H24N2. The molecule has 1 aliphatic rings. The van der Waals surface area contributed by atoms with Gasteiger partial charge in [0, 0.05) is 6.04 Å². The largest absolute Gasteiger partial charge is 0.271 e. The number of rotatable bonds is 5. The van der Waals surface area contributed by atoms with Crippen molar-refractivity contribution in [2.24, 2.45) is 17.7 Å². The lowest BCUT2D eigenvalue weighted by molar-refractivity contribution is 0.232. The third-order valence-electron chi connectivity index (χ3n) is 3.75. The van der Waals surface area contributed by atoms with Crippen molar-refractivity contribution in [2.75, 3.05) is 0 Å². The number of hydrogen-bond donors (Lipinski definition) is 2. The van der Waals surface area contributed by atoms with Gasteiger partial charge in [0.25, 0.3) is 0 Å². The Morgan fingerprint density at radius 2 is 2.12 bits per heavy atom. The van der Waals surface area contributed by atoms with Crippen LogP contribution in [0.4, 0.5) is 0 Å². The smallest absolute Gasteiger partial charge is 0.0488 e. The van der Waals surface area contributed by atoms with Gasteiger partial charge in [-0.05, 0) is 42.2 Å². The maximum atomic E-state index is 5.72. The van der Waals surface area contributed by atoms with Crippen LogP contribution in [0.2, 0.25) is 0 Å². The van der Waals surface area contributed by atoms with Crippen molar-refractivity contribution in [1.82, 2.24) is 5.43 Å². The van der Waals surface area contributed by atoms with Gasteiger partial charge in [-0.25, -0.2) is 0 Å². The summed E-state index contributed by atoms with van der Waals surface area (Å²) in [4.78, 5) is 0. The first-order chi connectivity index (χ1) is 8.20. The average molecular weight is 232 g/mol. The molecule has 2 rings (SSSR count). The molecule has 0 saturated heterocycles. The molecule has 0 spiro atoms. The van der Waals surface area contributed by atoms with Gasteiger partial charge in [0.15, 0.2) is 0 Å². The molecule has 0 radical (unpaired) electrons. The minimum Gasteiger partial charge on any atom is -0.271 e. The van der Waals surface area contributed by atoms with Crippen molar-refractivity contribution in [1.29, 1.82) is 0 Å². The molecule has 1 unspecified atom stereocenters. The van der Waals surface area contributed by atoms with E-state index in [1.807, 2.05) is 0 Å². The predicted octanol–water partition coefficient (Wildman–Crippen LogP) is 3.19. The lowest BCUT2D eigenvalue weighted by Crippen LogP contribution is -2.36. The van der Waals surface area contributed by atoms with Crippen molar-refractivity contribution in [3.8, 4) is 0 Å². The summed E-state index contributed by atoms with van der Waals surface area (Å²) in [7, 11) is 0. The monoisotopic (exact) mass is 232 g/mol. The second-order valence-corrected chi connectivity index (χ2v) is 5.68. The molecule has 1 aliphatic carbocycles. The SMILES string of the molecule is CC(C)Cc1cccc(C(NN)C2CCC2)c1. The van der Waals surface area contributed by atoms with Gasteiger partial charge in [-0.15, -0.1) is 0 Å². The van der Waals surface area contributed by atoms with Crippen molar-refractivity contribution >= 4 is 0 Å². The quantitative estimate of drug-likeness (QED) is 0.604. The van der Waals surface area contributed by atoms with Gasteiger partial charge in [0.05, 0.1) is 0 Å². The summed E-state index contributed by atoms with van der Waals surface area (Å²) in [5.74, 6) is 7.15. The molecule has 0 bridgehead atoms. The fraction of sp³-hybridized carbons (Fsp3) is 0.600. The lowest BCUT2D eigenvalue weighted by Gasteiger charge is -2.33. The summed E-state index contributed by atoms with van der Waals surface area (Å²) in [6.45, 7) is 4.52. The summed E-state index contributed by atoms with van der Waals surface area (Å²) < 4.78 is 0. The van der Waals surface area contributed by atoms with E-state index in [0.717, 1.165) is 12.3 Å². The van der Waals surface area contributed by atoms with E-state index in [1.165, 1.54) is 30.4 Å². The fourth-order valence-electron chi connectivity index (χ4n) is 2.66. The van der Waals surface area contributed by atoms with Crippen LogP contribution >= 0.6 is 0 Å². The molecule has 1 saturated carbocycles. The van der Waals surface area contributed by atoms with E-state index in [9.17, 15) is 0 Å². The Balaban J connectivity index is 2.12. The zero-order valence-corrected chi connectivity index (χ0v) is 10.9. The zero-order valence-electron chi connectivity index (χ0n) is 10.9. The summed E-state index contributed by atoms with van der Waals surface area (Å²) in [6.07, 6.45) is 5.12. The molecule has 17 heavy (non-hydrogen) atoms. The first kappa shape index (κ1) is 12.6. The van der Waals surface area contributed by atoms with Crippen LogP contribution in [0.3, 0.4) is 0 Å². The normalized spacial score (nSPS) is 18.1. The van der Waals surface area contributed by atoms with Gasteiger partial charge in [-0.1, -0.05) is 44.5 Å². The fourth-order valence-corrected chi connectivity index (χ4v) is 2.66. The van der Waals surface area contributed by atoms with Crippen LogP contribution < -0.4 is 11.3 Å². The first-order valence-corrected chi connectivity index (χ1v) is 6.75. The Morgan fingerprint density at radius 1 is 1.35 bits per heavy atom. The third kappa shape index (κ3) is 3.08. The van der Waals surface area contributed by atoms with Gasteiger partial charge in [0.1, 0.15) is 0 Å². The Labute approximate surface area is 105 Å². The van der Waals surface area contributed by atoms with Gasteiger partial charge >= 0.3 is 0 Å². The molecule has 1 atom stereocenters. The predicted molar refractivity (Wildman–Crippen MR) is 72.4 cm³/mol. The second-order valence-electron chi connectivity index (χ2n) is 5.68. The molecular weight excluding hydrogens is 208 g/mol. The summed E-state index contributed by atoms with van der Waals surface area (Å²) in [5, 5.41) is 0. The van der Waals surface area contributed by atoms with E-state index in [-0.39, 0.29) is 0 Å². The van der Waals surface area contributed by atoms with Crippen molar-refractivity contribution < 1.29 is 0 Å². The van der Waals surface area contributed by atoms with E-state index in [0.29, 0.717) is 12.0 Å². The first-order valence-electron chi connectivity index (χ1n) is 6.75. The van der Waals surface area contributed by atoms with Gasteiger partial charge < -0.3 is 0 Å². The number of nitrogens with two attached hydrogens (primary N) is 1. The highest BCUT2D eigenvalue weighted by atomic mass is 15.2. The van der Waals surface area contributed by atoms with Crippen LogP contribution in [0.5, 0.6) is 0 Å². The van der Waals surface area contributed by atoms with Crippen LogP contribution in [0.25, 0.3) is 0 Å². The molecule has 0 aliphatic heterocycles. The van der Waals surface area contributed by atoms with Crippen LogP contribution in [-0.4, -0.2) is 0 Å². The average Bonchev–Trinajstić information content (AvgIpc) is 2.22. The number of nitrogens with one attached hydrogen (secondary N) is 1. The number of hydrogen-bond acceptors (Lipinski definition) is 2. The summed E-state index contributed by atoms with van der Waals surface area (Å²) in [5.41, 5.74) is 5.79. The Hall–Kier alpha value is -0.860. The topological polar surface area (TPSA) is 38.0 Å². The van der Waals surface area contributed by atoms with E-state index in [1.54, 1.807) is 0 Å². The standard InChI is InChI=1S/C15H24N2/c1-11(2)9-12-5-3-8-14(10-12)15(17-16)13-6-4-7-13/h3,5,8,10-11,13,15,17H,4,6-7,9,16H2,1-2H3. The molecule has 2 heteroatoms. The molecule has 1 aromatic rings.